The van der Waals surface area contributed by atoms with Crippen LogP contribution in [0.3, 0.4) is 0 Å². The van der Waals surface area contributed by atoms with Gasteiger partial charge in [-0.05, 0) is 19.3 Å². The van der Waals surface area contributed by atoms with Crippen molar-refractivity contribution >= 4 is 11.9 Å². The van der Waals surface area contributed by atoms with Crippen LogP contribution in [-0.2, 0) is 19.1 Å². The summed E-state index contributed by atoms with van der Waals surface area (Å²) in [5.41, 5.74) is 0. The molecule has 4 nitrogen and oxygen atoms in total. The second-order valence-corrected chi connectivity index (χ2v) is 20.0. The number of unbranched alkanes of at least 4 members (excludes halogenated alkanes) is 45. The molecule has 62 heavy (non-hydrogen) atoms. The smallest absolute Gasteiger partial charge is 0.309 e. The van der Waals surface area contributed by atoms with Crippen LogP contribution < -0.4 is 0 Å². The van der Waals surface area contributed by atoms with E-state index < -0.39 is 0 Å². The van der Waals surface area contributed by atoms with Crippen molar-refractivity contribution in [3.63, 3.8) is 0 Å². The largest absolute Gasteiger partial charge is 0.466 e. The number of rotatable bonds is 54. The molecule has 0 rings (SSSR count). The summed E-state index contributed by atoms with van der Waals surface area (Å²) >= 11 is 0. The summed E-state index contributed by atoms with van der Waals surface area (Å²) in [4.78, 5) is 26.1. The third-order valence-electron chi connectivity index (χ3n) is 13.7. The zero-order valence-corrected chi connectivity index (χ0v) is 43.0. The average Bonchev–Trinajstić information content (AvgIpc) is 3.27. The Labute approximate surface area is 390 Å². The predicted octanol–water partition coefficient (Wildman–Crippen LogP) is 20.3. The van der Waals surface area contributed by atoms with Crippen LogP contribution in [0.15, 0.2) is 0 Å². The van der Waals surface area contributed by atoms with Crippen molar-refractivity contribution in [3.05, 3.63) is 0 Å². The van der Waals surface area contributed by atoms with Gasteiger partial charge in [-0.1, -0.05) is 316 Å². The Balaban J connectivity index is 4.19. The first-order valence-corrected chi connectivity index (χ1v) is 29.0. The predicted molar refractivity (Wildman–Crippen MR) is 273 cm³/mol. The van der Waals surface area contributed by atoms with Gasteiger partial charge < -0.3 is 9.47 Å². The number of hydrogen-bond acceptors (Lipinski definition) is 4. The van der Waals surface area contributed by atoms with Crippen LogP contribution in [0.1, 0.15) is 342 Å². The van der Waals surface area contributed by atoms with Gasteiger partial charge in [0.15, 0.2) is 0 Å². The van der Waals surface area contributed by atoms with Crippen molar-refractivity contribution in [2.45, 2.75) is 342 Å². The maximum Gasteiger partial charge on any atom is 0.309 e. The van der Waals surface area contributed by atoms with E-state index in [2.05, 4.69) is 20.8 Å². The molecule has 1 unspecified atom stereocenters. The first-order valence-electron chi connectivity index (χ1n) is 29.0. The van der Waals surface area contributed by atoms with E-state index in [0.717, 1.165) is 44.9 Å². The lowest BCUT2D eigenvalue weighted by atomic mass is 9.97. The lowest BCUT2D eigenvalue weighted by Crippen LogP contribution is -2.23. The van der Waals surface area contributed by atoms with E-state index in [1.54, 1.807) is 0 Å². The maximum absolute atomic E-state index is 13.2. The molecule has 1 atom stereocenters. The molecule has 370 valence electrons. The molecule has 0 radical (unpaired) electrons. The van der Waals surface area contributed by atoms with E-state index in [0.29, 0.717) is 13.2 Å². The van der Waals surface area contributed by atoms with Crippen molar-refractivity contribution in [1.82, 2.24) is 0 Å². The van der Waals surface area contributed by atoms with Gasteiger partial charge in [-0.3, -0.25) is 9.59 Å². The molecular formula is C58H114O4. The fourth-order valence-corrected chi connectivity index (χ4v) is 9.28. The summed E-state index contributed by atoms with van der Waals surface area (Å²) in [5.74, 6) is -0.751. The number of carbonyl (C=O) groups is 2. The van der Waals surface area contributed by atoms with E-state index in [9.17, 15) is 9.59 Å². The zero-order valence-electron chi connectivity index (χ0n) is 43.0. The highest BCUT2D eigenvalue weighted by molar-refractivity contribution is 5.79. The van der Waals surface area contributed by atoms with Gasteiger partial charge in [-0.2, -0.15) is 0 Å². The summed E-state index contributed by atoms with van der Waals surface area (Å²) in [6.07, 6.45) is 65.0. The molecule has 0 aromatic heterocycles. The molecule has 4 heteroatoms. The SMILES string of the molecule is CCCCCCCCCCCCCCCCCCOC(=O)CC(CCCCCCCCCCCCCCCCCC)C(=O)OCCCCCCCCCCCCCCCCCC. The average molecular weight is 876 g/mol. The van der Waals surface area contributed by atoms with Gasteiger partial charge in [0.25, 0.3) is 0 Å². The minimum absolute atomic E-state index is 0.175. The van der Waals surface area contributed by atoms with Gasteiger partial charge in [0.2, 0.25) is 0 Å². The van der Waals surface area contributed by atoms with Crippen LogP contribution in [0.5, 0.6) is 0 Å². The Morgan fingerprint density at radius 2 is 0.484 bits per heavy atom. The highest BCUT2D eigenvalue weighted by atomic mass is 16.5. The number of hydrogen-bond donors (Lipinski definition) is 0. The van der Waals surface area contributed by atoms with Gasteiger partial charge in [0.1, 0.15) is 0 Å². The van der Waals surface area contributed by atoms with E-state index in [4.69, 9.17) is 9.47 Å². The minimum Gasteiger partial charge on any atom is -0.466 e. The standard InChI is InChI=1S/C58H114O4/c1-4-7-10-13-16-19-22-25-28-31-34-37-40-43-46-49-52-56(58(60)62-54-51-48-45-42-39-36-33-30-27-24-21-18-15-12-9-6-3)55-57(59)61-53-50-47-44-41-38-35-32-29-26-23-20-17-14-11-8-5-2/h56H,4-55H2,1-3H3. The highest BCUT2D eigenvalue weighted by Gasteiger charge is 2.24. The van der Waals surface area contributed by atoms with Crippen molar-refractivity contribution < 1.29 is 19.1 Å². The van der Waals surface area contributed by atoms with Gasteiger partial charge in [-0.25, -0.2) is 0 Å². The maximum atomic E-state index is 13.2. The molecule has 0 spiro atoms. The van der Waals surface area contributed by atoms with Crippen LogP contribution in [0.4, 0.5) is 0 Å². The van der Waals surface area contributed by atoms with Crippen LogP contribution in [0, 0.1) is 5.92 Å². The van der Waals surface area contributed by atoms with Crippen LogP contribution in [-0.4, -0.2) is 25.2 Å². The molecule has 0 aliphatic heterocycles. The Bertz CT molecular complexity index is 856. The zero-order chi connectivity index (χ0) is 44.9. The quantitative estimate of drug-likeness (QED) is 0.0451. The highest BCUT2D eigenvalue weighted by Crippen LogP contribution is 2.21. The Kier molecular flexibility index (Phi) is 53.3. The van der Waals surface area contributed by atoms with Crippen molar-refractivity contribution in [3.8, 4) is 0 Å². The van der Waals surface area contributed by atoms with Crippen molar-refractivity contribution in [1.29, 1.82) is 0 Å². The topological polar surface area (TPSA) is 52.6 Å². The molecule has 0 N–H and O–H groups in total. The molecule has 0 aliphatic rings. The first-order chi connectivity index (χ1) is 30.7. The molecule has 0 aliphatic carbocycles. The second-order valence-electron chi connectivity index (χ2n) is 20.0. The normalized spacial score (nSPS) is 12.0. The summed E-state index contributed by atoms with van der Waals surface area (Å²) in [6, 6.07) is 0. The fourth-order valence-electron chi connectivity index (χ4n) is 9.28. The molecule has 0 aromatic carbocycles. The Morgan fingerprint density at radius 3 is 0.742 bits per heavy atom. The van der Waals surface area contributed by atoms with Gasteiger partial charge in [0, 0.05) is 0 Å². The van der Waals surface area contributed by atoms with Crippen LogP contribution >= 0.6 is 0 Å². The minimum atomic E-state index is -0.360. The van der Waals surface area contributed by atoms with E-state index >= 15 is 0 Å². The molecule has 0 saturated heterocycles. The molecule has 0 heterocycles. The second kappa shape index (κ2) is 54.3. The van der Waals surface area contributed by atoms with E-state index in [-0.39, 0.29) is 24.3 Å². The molecule has 0 bridgehead atoms. The summed E-state index contributed by atoms with van der Waals surface area (Å²) in [5, 5.41) is 0. The lowest BCUT2D eigenvalue weighted by molar-refractivity contribution is -0.155. The van der Waals surface area contributed by atoms with Gasteiger partial charge in [0.05, 0.1) is 25.6 Å². The molecule has 0 amide bonds. The fraction of sp³-hybridized carbons (Fsp3) is 0.966. The Morgan fingerprint density at radius 1 is 0.274 bits per heavy atom. The molecule has 0 saturated carbocycles. The van der Waals surface area contributed by atoms with Gasteiger partial charge >= 0.3 is 11.9 Å². The van der Waals surface area contributed by atoms with Crippen molar-refractivity contribution in [2.24, 2.45) is 5.92 Å². The summed E-state index contributed by atoms with van der Waals surface area (Å²) < 4.78 is 11.5. The van der Waals surface area contributed by atoms with E-state index in [1.165, 1.54) is 270 Å². The first kappa shape index (κ1) is 60.9. The Hall–Kier alpha value is -1.06. The lowest BCUT2D eigenvalue weighted by Gasteiger charge is -2.16. The number of esters is 2. The summed E-state index contributed by atoms with van der Waals surface area (Å²) in [6.45, 7) is 7.84. The van der Waals surface area contributed by atoms with Crippen LogP contribution in [0.2, 0.25) is 0 Å². The number of ether oxygens (including phenoxy) is 2. The molecule has 0 fully saturated rings. The monoisotopic (exact) mass is 875 g/mol. The van der Waals surface area contributed by atoms with Gasteiger partial charge in [-0.15, -0.1) is 0 Å². The molecule has 0 aromatic rings. The van der Waals surface area contributed by atoms with Crippen LogP contribution in [0.25, 0.3) is 0 Å². The van der Waals surface area contributed by atoms with E-state index in [1.807, 2.05) is 0 Å². The third kappa shape index (κ3) is 49.9. The summed E-state index contributed by atoms with van der Waals surface area (Å²) in [7, 11) is 0. The molecular weight excluding hydrogens is 761 g/mol. The van der Waals surface area contributed by atoms with Crippen molar-refractivity contribution in [2.75, 3.05) is 13.2 Å². The number of carbonyl (C=O) groups excluding carboxylic acids is 2. The third-order valence-corrected chi connectivity index (χ3v) is 13.7.